The van der Waals surface area contributed by atoms with Gasteiger partial charge in [0, 0.05) is 29.6 Å². The summed E-state index contributed by atoms with van der Waals surface area (Å²) in [6, 6.07) is 22.8. The third kappa shape index (κ3) is 5.20. The molecule has 1 aromatic heterocycles. The molecule has 8 heteroatoms. The van der Waals surface area contributed by atoms with Gasteiger partial charge in [-0.2, -0.15) is 5.10 Å². The Morgan fingerprint density at radius 2 is 1.51 bits per heavy atom. The second-order valence-electron chi connectivity index (χ2n) is 8.93. The van der Waals surface area contributed by atoms with Gasteiger partial charge in [-0.1, -0.05) is 36.4 Å². The van der Waals surface area contributed by atoms with Crippen molar-refractivity contribution in [2.24, 2.45) is 5.10 Å². The molecule has 1 amide bonds. The van der Waals surface area contributed by atoms with E-state index in [0.717, 1.165) is 22.6 Å². The van der Waals surface area contributed by atoms with Gasteiger partial charge in [-0.05, 0) is 81.3 Å². The molecule has 0 bridgehead atoms. The number of hydrogen-bond acceptors (Lipinski definition) is 4. The van der Waals surface area contributed by atoms with E-state index in [4.69, 9.17) is 0 Å². The molecule has 0 aliphatic rings. The highest BCUT2D eigenvalue weighted by Gasteiger charge is 2.21. The lowest BCUT2D eigenvalue weighted by Crippen LogP contribution is -2.26. The molecule has 3 aromatic carbocycles. The predicted octanol–water partition coefficient (Wildman–Crippen LogP) is 5.30. The Balaban J connectivity index is 1.47. The van der Waals surface area contributed by atoms with Crippen LogP contribution in [-0.4, -0.2) is 32.2 Å². The molecule has 0 saturated heterocycles. The Morgan fingerprint density at radius 1 is 0.892 bits per heavy atom. The monoisotopic (exact) mass is 514 g/mol. The van der Waals surface area contributed by atoms with Crippen LogP contribution in [0, 0.1) is 27.7 Å². The lowest BCUT2D eigenvalue weighted by atomic mass is 10.1. The van der Waals surface area contributed by atoms with E-state index in [1.165, 1.54) is 22.5 Å². The predicted molar refractivity (Wildman–Crippen MR) is 148 cm³/mol. The number of carbonyl (C=O) groups is 1. The van der Waals surface area contributed by atoms with Crippen molar-refractivity contribution in [1.29, 1.82) is 0 Å². The van der Waals surface area contributed by atoms with Gasteiger partial charge in [0.15, 0.2) is 0 Å². The molecule has 7 nitrogen and oxygen atoms in total. The molecule has 0 aliphatic carbocycles. The Hall–Kier alpha value is -4.17. The Morgan fingerprint density at radius 3 is 2.14 bits per heavy atom. The Kier molecular flexibility index (Phi) is 7.31. The van der Waals surface area contributed by atoms with Crippen molar-refractivity contribution in [3.8, 4) is 5.69 Å². The van der Waals surface area contributed by atoms with Crippen molar-refractivity contribution in [3.05, 3.63) is 113 Å². The fourth-order valence-corrected chi connectivity index (χ4v) is 5.57. The van der Waals surface area contributed by atoms with E-state index in [9.17, 15) is 13.2 Å². The molecule has 0 radical (unpaired) electrons. The second kappa shape index (κ2) is 10.4. The number of nitrogens with zero attached hydrogens (tertiary/aromatic N) is 3. The number of carbonyl (C=O) groups excluding carboxylic acids is 1. The van der Waals surface area contributed by atoms with Gasteiger partial charge < -0.3 is 4.57 Å². The van der Waals surface area contributed by atoms with E-state index >= 15 is 0 Å². The minimum atomic E-state index is -3.69. The van der Waals surface area contributed by atoms with Crippen LogP contribution in [0.2, 0.25) is 0 Å². The maximum Gasteiger partial charge on any atom is 0.271 e. The summed E-state index contributed by atoms with van der Waals surface area (Å²) in [6.45, 7) is 8.26. The minimum absolute atomic E-state index is 0.200. The molecule has 0 spiro atoms. The van der Waals surface area contributed by atoms with E-state index in [1.54, 1.807) is 60.8 Å². The van der Waals surface area contributed by atoms with Crippen LogP contribution in [-0.2, 0) is 10.0 Å². The number of para-hydroxylation sites is 1. The highest BCUT2D eigenvalue weighted by molar-refractivity contribution is 7.92. The van der Waals surface area contributed by atoms with Crippen molar-refractivity contribution in [1.82, 2.24) is 9.99 Å². The average Bonchev–Trinajstić information content (AvgIpc) is 3.16. The summed E-state index contributed by atoms with van der Waals surface area (Å²) < 4.78 is 29.1. The van der Waals surface area contributed by atoms with E-state index in [0.29, 0.717) is 11.3 Å². The number of aromatic nitrogens is 1. The summed E-state index contributed by atoms with van der Waals surface area (Å²) in [5.74, 6) is -0.389. The van der Waals surface area contributed by atoms with Crippen molar-refractivity contribution in [2.45, 2.75) is 32.6 Å². The van der Waals surface area contributed by atoms with Crippen LogP contribution in [0.3, 0.4) is 0 Å². The van der Waals surface area contributed by atoms with Crippen molar-refractivity contribution >= 4 is 27.8 Å². The third-order valence-electron chi connectivity index (χ3n) is 6.40. The van der Waals surface area contributed by atoms with Gasteiger partial charge in [0.05, 0.1) is 22.5 Å². The first kappa shape index (κ1) is 25.9. The molecule has 0 saturated carbocycles. The number of anilines is 1. The van der Waals surface area contributed by atoms with Crippen LogP contribution in [0.5, 0.6) is 0 Å². The molecule has 0 unspecified atom stereocenters. The van der Waals surface area contributed by atoms with Gasteiger partial charge in [0.2, 0.25) is 0 Å². The number of hydrazone groups is 1. The van der Waals surface area contributed by atoms with Gasteiger partial charge in [-0.15, -0.1) is 0 Å². The minimum Gasteiger partial charge on any atom is -0.317 e. The molecule has 4 rings (SSSR count). The van der Waals surface area contributed by atoms with Crippen LogP contribution in [0.1, 0.15) is 38.4 Å². The van der Waals surface area contributed by atoms with Crippen molar-refractivity contribution in [3.63, 3.8) is 0 Å². The topological polar surface area (TPSA) is 83.8 Å². The SMILES string of the molecule is Cc1cccc(C)c1-n1c(C)cc(/C=N/NC(=O)c2ccc(N(C)S(=O)(=O)c3ccccc3)cc2)c1C. The van der Waals surface area contributed by atoms with E-state index in [2.05, 4.69) is 41.1 Å². The van der Waals surface area contributed by atoms with Crippen molar-refractivity contribution < 1.29 is 13.2 Å². The molecular weight excluding hydrogens is 484 g/mol. The zero-order chi connectivity index (χ0) is 26.7. The lowest BCUT2D eigenvalue weighted by Gasteiger charge is -2.19. The van der Waals surface area contributed by atoms with Crippen LogP contribution in [0.15, 0.2) is 88.9 Å². The lowest BCUT2D eigenvalue weighted by molar-refractivity contribution is 0.0955. The quantitative estimate of drug-likeness (QED) is 0.268. The molecule has 1 N–H and O–H groups in total. The molecule has 1 heterocycles. The van der Waals surface area contributed by atoms with Gasteiger partial charge in [-0.25, -0.2) is 13.8 Å². The van der Waals surface area contributed by atoms with E-state index in [-0.39, 0.29) is 10.8 Å². The first-order chi connectivity index (χ1) is 17.6. The Bertz CT molecular complexity index is 1550. The van der Waals surface area contributed by atoms with Crippen LogP contribution in [0.4, 0.5) is 5.69 Å². The number of amides is 1. The van der Waals surface area contributed by atoms with Crippen LogP contribution < -0.4 is 9.73 Å². The van der Waals surface area contributed by atoms with Crippen LogP contribution in [0.25, 0.3) is 5.69 Å². The summed E-state index contributed by atoms with van der Waals surface area (Å²) in [5, 5.41) is 4.16. The molecule has 37 heavy (non-hydrogen) atoms. The van der Waals surface area contributed by atoms with Crippen molar-refractivity contribution in [2.75, 3.05) is 11.4 Å². The number of aryl methyl sites for hydroxylation is 3. The summed E-state index contributed by atoms with van der Waals surface area (Å²) >= 11 is 0. The number of benzene rings is 3. The maximum absolute atomic E-state index is 12.8. The summed E-state index contributed by atoms with van der Waals surface area (Å²) in [6.07, 6.45) is 1.64. The fourth-order valence-electron chi connectivity index (χ4n) is 4.36. The maximum atomic E-state index is 12.8. The standard InChI is InChI=1S/C29H30N4O3S/c1-20-10-9-11-21(2)28(20)33-22(3)18-25(23(33)4)19-30-31-29(34)24-14-16-26(17-15-24)32(5)37(35,36)27-12-7-6-8-13-27/h6-19H,1-5H3,(H,31,34)/b30-19+. The molecule has 0 aliphatic heterocycles. The highest BCUT2D eigenvalue weighted by Crippen LogP contribution is 2.25. The first-order valence-electron chi connectivity index (χ1n) is 11.8. The smallest absolute Gasteiger partial charge is 0.271 e. The Labute approximate surface area is 218 Å². The number of hydrogen-bond donors (Lipinski definition) is 1. The zero-order valence-electron chi connectivity index (χ0n) is 21.6. The normalized spacial score (nSPS) is 11.6. The van der Waals surface area contributed by atoms with Crippen LogP contribution >= 0.6 is 0 Å². The van der Waals surface area contributed by atoms with Gasteiger partial charge in [0.25, 0.3) is 15.9 Å². The van der Waals surface area contributed by atoms with E-state index < -0.39 is 10.0 Å². The second-order valence-corrected chi connectivity index (χ2v) is 10.9. The molecule has 190 valence electrons. The summed E-state index contributed by atoms with van der Waals surface area (Å²) in [7, 11) is -2.21. The summed E-state index contributed by atoms with van der Waals surface area (Å²) in [4.78, 5) is 12.8. The number of nitrogens with one attached hydrogen (secondary N) is 1. The third-order valence-corrected chi connectivity index (χ3v) is 8.20. The number of sulfonamides is 1. The molecule has 4 aromatic rings. The highest BCUT2D eigenvalue weighted by atomic mass is 32.2. The first-order valence-corrected chi connectivity index (χ1v) is 13.3. The number of rotatable bonds is 7. The average molecular weight is 515 g/mol. The van der Waals surface area contributed by atoms with Gasteiger partial charge in [0.1, 0.15) is 0 Å². The largest absolute Gasteiger partial charge is 0.317 e. The van der Waals surface area contributed by atoms with E-state index in [1.807, 2.05) is 26.0 Å². The van der Waals surface area contributed by atoms with Gasteiger partial charge >= 0.3 is 0 Å². The molecule has 0 fully saturated rings. The zero-order valence-corrected chi connectivity index (χ0v) is 22.4. The summed E-state index contributed by atoms with van der Waals surface area (Å²) in [5.41, 5.74) is 9.91. The fraction of sp³-hybridized carbons (Fsp3) is 0.172. The molecule has 0 atom stereocenters. The molecular formula is C29H30N4O3S. The van der Waals surface area contributed by atoms with Gasteiger partial charge in [-0.3, -0.25) is 9.10 Å².